The van der Waals surface area contributed by atoms with Crippen LogP contribution in [-0.4, -0.2) is 11.1 Å². The third-order valence-electron chi connectivity index (χ3n) is 1.39. The van der Waals surface area contributed by atoms with Crippen LogP contribution in [0.15, 0.2) is 24.5 Å². The third-order valence-corrected chi connectivity index (χ3v) is 1.39. The van der Waals surface area contributed by atoms with Crippen LogP contribution in [0.4, 0.5) is 0 Å². The van der Waals surface area contributed by atoms with Gasteiger partial charge >= 0.3 is 6.15 Å². The van der Waals surface area contributed by atoms with Crippen molar-refractivity contribution in [2.45, 2.75) is 20.3 Å². The summed E-state index contributed by atoms with van der Waals surface area (Å²) in [6.07, 6.45) is 5.10. The number of carbonyl (C=O) groups excluding carboxylic acids is 2. The molecule has 0 aliphatic heterocycles. The molecule has 1 aromatic heterocycles. The lowest BCUT2D eigenvalue weighted by Gasteiger charge is -2.02. The first-order chi connectivity index (χ1) is 6.20. The molecule has 1 aromatic rings. The molecule has 0 atom stereocenters. The summed E-state index contributed by atoms with van der Waals surface area (Å²) in [4.78, 5) is 20.2. The molecule has 0 unspecified atom stereocenters. The maximum atomic E-state index is 8.12. The molecule has 0 aliphatic carbocycles. The van der Waals surface area contributed by atoms with Crippen LogP contribution in [-0.2, 0) is 16.0 Å². The average Bonchev–Trinajstić information content (AvgIpc) is 2.06. The minimum Gasteiger partial charge on any atom is -0.265 e. The molecule has 3 nitrogen and oxygen atoms in total. The maximum absolute atomic E-state index is 8.12. The molecular weight excluding hydrogens is 166 g/mol. The summed E-state index contributed by atoms with van der Waals surface area (Å²) in [6.45, 7) is 4.45. The van der Waals surface area contributed by atoms with Crippen molar-refractivity contribution in [1.29, 1.82) is 0 Å². The van der Waals surface area contributed by atoms with Crippen LogP contribution >= 0.6 is 0 Å². The lowest BCUT2D eigenvalue weighted by molar-refractivity contribution is -0.191. The Morgan fingerprint density at radius 2 is 1.77 bits per heavy atom. The largest absolute Gasteiger partial charge is 0.373 e. The van der Waals surface area contributed by atoms with Gasteiger partial charge in [-0.25, -0.2) is 0 Å². The minimum atomic E-state index is 0.250. The Bertz CT molecular complexity index is 251. The Morgan fingerprint density at radius 1 is 1.31 bits per heavy atom. The fourth-order valence-electron chi connectivity index (χ4n) is 0.990. The van der Waals surface area contributed by atoms with Gasteiger partial charge in [0.1, 0.15) is 0 Å². The van der Waals surface area contributed by atoms with Gasteiger partial charge in [0.25, 0.3) is 0 Å². The molecule has 13 heavy (non-hydrogen) atoms. The molecule has 0 N–H and O–H groups in total. The van der Waals surface area contributed by atoms with E-state index in [0.717, 1.165) is 12.3 Å². The summed E-state index contributed by atoms with van der Waals surface area (Å²) in [6, 6.07) is 4.14. The van der Waals surface area contributed by atoms with Crippen LogP contribution in [0, 0.1) is 5.92 Å². The number of aromatic nitrogens is 1. The zero-order valence-corrected chi connectivity index (χ0v) is 7.86. The van der Waals surface area contributed by atoms with Gasteiger partial charge in [-0.2, -0.15) is 9.59 Å². The highest BCUT2D eigenvalue weighted by molar-refractivity contribution is 5.20. The molecule has 0 aliphatic rings. The maximum Gasteiger partial charge on any atom is 0.373 e. The molecule has 0 aromatic carbocycles. The molecule has 3 heteroatoms. The molecule has 0 saturated heterocycles. The Kier molecular flexibility index (Phi) is 6.38. The lowest BCUT2D eigenvalue weighted by Crippen LogP contribution is -1.92. The standard InChI is InChI=1S/C9H13N.CO2/c1-8(2)7-9-3-5-10-6-4-9;2-1-3/h3-6,8H,7H2,1-2H3;. The van der Waals surface area contributed by atoms with E-state index < -0.39 is 0 Å². The predicted octanol–water partition coefficient (Wildman–Crippen LogP) is 1.70. The van der Waals surface area contributed by atoms with Crippen LogP contribution < -0.4 is 0 Å². The highest BCUT2D eigenvalue weighted by atomic mass is 16.2. The van der Waals surface area contributed by atoms with Crippen molar-refractivity contribution in [2.24, 2.45) is 5.92 Å². The van der Waals surface area contributed by atoms with Crippen molar-refractivity contribution in [1.82, 2.24) is 4.98 Å². The molecule has 1 rings (SSSR count). The van der Waals surface area contributed by atoms with E-state index in [9.17, 15) is 0 Å². The van der Waals surface area contributed by atoms with Crippen molar-refractivity contribution in [3.8, 4) is 0 Å². The number of hydrogen-bond donors (Lipinski definition) is 0. The Labute approximate surface area is 77.8 Å². The van der Waals surface area contributed by atoms with Crippen LogP contribution in [0.1, 0.15) is 19.4 Å². The summed E-state index contributed by atoms with van der Waals surface area (Å²) in [5.41, 5.74) is 1.38. The van der Waals surface area contributed by atoms with Gasteiger partial charge in [0.2, 0.25) is 0 Å². The van der Waals surface area contributed by atoms with E-state index in [1.54, 1.807) is 0 Å². The van der Waals surface area contributed by atoms with Crippen molar-refractivity contribution < 1.29 is 9.59 Å². The highest BCUT2D eigenvalue weighted by Gasteiger charge is 1.94. The highest BCUT2D eigenvalue weighted by Crippen LogP contribution is 2.04. The molecule has 0 radical (unpaired) electrons. The first kappa shape index (κ1) is 11.5. The van der Waals surface area contributed by atoms with E-state index in [2.05, 4.69) is 31.0 Å². The second kappa shape index (κ2) is 7.19. The minimum absolute atomic E-state index is 0.250. The first-order valence-corrected chi connectivity index (χ1v) is 4.09. The van der Waals surface area contributed by atoms with E-state index >= 15 is 0 Å². The van der Waals surface area contributed by atoms with E-state index in [1.807, 2.05) is 12.4 Å². The van der Waals surface area contributed by atoms with Gasteiger partial charge in [0, 0.05) is 12.4 Å². The smallest absolute Gasteiger partial charge is 0.265 e. The van der Waals surface area contributed by atoms with Crippen LogP contribution in [0.3, 0.4) is 0 Å². The SMILES string of the molecule is CC(C)Cc1ccncc1.O=C=O. The summed E-state index contributed by atoms with van der Waals surface area (Å²) < 4.78 is 0. The quantitative estimate of drug-likeness (QED) is 0.694. The van der Waals surface area contributed by atoms with Gasteiger partial charge in [-0.1, -0.05) is 13.8 Å². The van der Waals surface area contributed by atoms with Crippen molar-refractivity contribution in [2.75, 3.05) is 0 Å². The third kappa shape index (κ3) is 6.91. The van der Waals surface area contributed by atoms with Gasteiger partial charge in [-0.05, 0) is 30.0 Å². The molecule has 0 amide bonds. The zero-order chi connectivity index (χ0) is 10.1. The number of rotatable bonds is 2. The van der Waals surface area contributed by atoms with Crippen LogP contribution in [0.2, 0.25) is 0 Å². The second-order valence-corrected chi connectivity index (χ2v) is 3.04. The molecule has 70 valence electrons. The summed E-state index contributed by atoms with van der Waals surface area (Å²) in [5.74, 6) is 0.738. The van der Waals surface area contributed by atoms with E-state index in [0.29, 0.717) is 0 Å². The van der Waals surface area contributed by atoms with Gasteiger partial charge in [-0.3, -0.25) is 4.98 Å². The average molecular weight is 179 g/mol. The number of hydrogen-bond acceptors (Lipinski definition) is 3. The Hall–Kier alpha value is -1.47. The molecule has 0 spiro atoms. The summed E-state index contributed by atoms with van der Waals surface area (Å²) in [7, 11) is 0. The Balaban J connectivity index is 0.000000424. The van der Waals surface area contributed by atoms with E-state index in [4.69, 9.17) is 9.59 Å². The zero-order valence-electron chi connectivity index (χ0n) is 7.86. The normalized spacial score (nSPS) is 8.54. The lowest BCUT2D eigenvalue weighted by atomic mass is 10.0. The van der Waals surface area contributed by atoms with Crippen molar-refractivity contribution in [3.63, 3.8) is 0 Å². The topological polar surface area (TPSA) is 47.0 Å². The van der Waals surface area contributed by atoms with Crippen LogP contribution in [0.25, 0.3) is 0 Å². The summed E-state index contributed by atoms with van der Waals surface area (Å²) >= 11 is 0. The molecule has 1 heterocycles. The molecule has 0 fully saturated rings. The number of nitrogens with zero attached hydrogens (tertiary/aromatic N) is 1. The van der Waals surface area contributed by atoms with E-state index in [-0.39, 0.29) is 6.15 Å². The fraction of sp³-hybridized carbons (Fsp3) is 0.400. The van der Waals surface area contributed by atoms with Crippen LogP contribution in [0.5, 0.6) is 0 Å². The van der Waals surface area contributed by atoms with Crippen molar-refractivity contribution in [3.05, 3.63) is 30.1 Å². The van der Waals surface area contributed by atoms with E-state index in [1.165, 1.54) is 5.56 Å². The Morgan fingerprint density at radius 3 is 2.15 bits per heavy atom. The van der Waals surface area contributed by atoms with Gasteiger partial charge in [-0.15, -0.1) is 0 Å². The molecule has 0 saturated carbocycles. The summed E-state index contributed by atoms with van der Waals surface area (Å²) in [5, 5.41) is 0. The van der Waals surface area contributed by atoms with Gasteiger partial charge in [0.15, 0.2) is 0 Å². The van der Waals surface area contributed by atoms with Gasteiger partial charge in [0.05, 0.1) is 0 Å². The van der Waals surface area contributed by atoms with Crippen molar-refractivity contribution >= 4 is 6.15 Å². The molecule has 0 bridgehead atoms. The first-order valence-electron chi connectivity index (χ1n) is 4.09. The number of pyridine rings is 1. The fourth-order valence-corrected chi connectivity index (χ4v) is 0.990. The predicted molar refractivity (Wildman–Crippen MR) is 47.8 cm³/mol. The second-order valence-electron chi connectivity index (χ2n) is 3.04. The molecular formula is C10H13NO2. The van der Waals surface area contributed by atoms with Gasteiger partial charge < -0.3 is 0 Å². The monoisotopic (exact) mass is 179 g/mol.